The van der Waals surface area contributed by atoms with E-state index in [4.69, 9.17) is 0 Å². The molecule has 0 heterocycles. The first-order chi connectivity index (χ1) is 10.5. The highest BCUT2D eigenvalue weighted by Crippen LogP contribution is 2.52. The molecule has 0 bridgehead atoms. The summed E-state index contributed by atoms with van der Waals surface area (Å²) < 4.78 is 0. The van der Waals surface area contributed by atoms with Crippen LogP contribution in [-0.4, -0.2) is 11.2 Å². The van der Waals surface area contributed by atoms with Crippen LogP contribution in [-0.2, 0) is 0 Å². The molecule has 1 N–H and O–H groups in total. The summed E-state index contributed by atoms with van der Waals surface area (Å²) in [4.78, 5) is 0. The van der Waals surface area contributed by atoms with Crippen molar-refractivity contribution in [3.63, 3.8) is 0 Å². The fourth-order valence-electron chi connectivity index (χ4n) is 4.65. The summed E-state index contributed by atoms with van der Waals surface area (Å²) in [6.07, 6.45) is 15.6. The third-order valence-corrected chi connectivity index (χ3v) is 5.94. The minimum atomic E-state index is -0.155. The average Bonchev–Trinajstić information content (AvgIpc) is 2.54. The van der Waals surface area contributed by atoms with E-state index in [0.29, 0.717) is 5.92 Å². The number of aliphatic hydroxyl groups is 1. The third kappa shape index (κ3) is 3.56. The molecule has 2 aliphatic carbocycles. The average molecular weight is 303 g/mol. The van der Waals surface area contributed by atoms with E-state index in [0.717, 1.165) is 25.2 Å². The van der Waals surface area contributed by atoms with Crippen molar-refractivity contribution >= 4 is 0 Å². The van der Waals surface area contributed by atoms with Crippen LogP contribution in [0.2, 0.25) is 0 Å². The van der Waals surface area contributed by atoms with Gasteiger partial charge in [0, 0.05) is 11.3 Å². The van der Waals surface area contributed by atoms with Gasteiger partial charge in [0.15, 0.2) is 0 Å². The summed E-state index contributed by atoms with van der Waals surface area (Å²) in [5, 5.41) is 10.8. The van der Waals surface area contributed by atoms with Gasteiger partial charge in [-0.25, -0.2) is 0 Å². The predicted molar refractivity (Wildman–Crippen MR) is 95.7 cm³/mol. The largest absolute Gasteiger partial charge is 0.393 e. The zero-order valence-corrected chi connectivity index (χ0v) is 14.8. The Morgan fingerprint density at radius 3 is 2.82 bits per heavy atom. The molecule has 22 heavy (non-hydrogen) atoms. The van der Waals surface area contributed by atoms with Crippen LogP contribution in [0.25, 0.3) is 0 Å². The lowest BCUT2D eigenvalue weighted by Crippen LogP contribution is -2.37. The van der Waals surface area contributed by atoms with Crippen molar-refractivity contribution in [3.05, 3.63) is 36.0 Å². The molecule has 0 amide bonds. The Balaban J connectivity index is 2.44. The molecule has 1 heteroatoms. The zero-order chi connectivity index (χ0) is 16.2. The van der Waals surface area contributed by atoms with Crippen LogP contribution >= 0.6 is 0 Å². The highest BCUT2D eigenvalue weighted by Gasteiger charge is 2.42. The minimum absolute atomic E-state index is 0.122. The normalized spacial score (nSPS) is 40.8. The van der Waals surface area contributed by atoms with Crippen molar-refractivity contribution in [3.8, 4) is 0 Å². The van der Waals surface area contributed by atoms with Gasteiger partial charge < -0.3 is 5.11 Å². The summed E-state index contributed by atoms with van der Waals surface area (Å²) >= 11 is 0. The molecule has 2 rings (SSSR count). The Labute approximate surface area is 137 Å². The first-order valence-corrected chi connectivity index (χ1v) is 9.23. The molecule has 1 nitrogen and oxygen atoms in total. The molecule has 0 spiro atoms. The number of hydrogen-bond acceptors (Lipinski definition) is 1. The second-order valence-electron chi connectivity index (χ2n) is 7.65. The lowest BCUT2D eigenvalue weighted by Gasteiger charge is -2.45. The lowest BCUT2D eigenvalue weighted by molar-refractivity contribution is 0.0894. The van der Waals surface area contributed by atoms with Crippen LogP contribution in [0.3, 0.4) is 0 Å². The van der Waals surface area contributed by atoms with Gasteiger partial charge in [-0.2, -0.15) is 0 Å². The number of hydrogen-bond donors (Lipinski definition) is 1. The second-order valence-corrected chi connectivity index (χ2v) is 7.65. The summed E-state index contributed by atoms with van der Waals surface area (Å²) in [7, 11) is 0. The van der Waals surface area contributed by atoms with Gasteiger partial charge in [0.05, 0.1) is 6.10 Å². The molecule has 0 aromatic carbocycles. The molecule has 0 saturated heterocycles. The lowest BCUT2D eigenvalue weighted by atomic mass is 9.60. The van der Waals surface area contributed by atoms with E-state index in [-0.39, 0.29) is 11.5 Å². The number of allylic oxidation sites excluding steroid dienone is 4. The highest BCUT2D eigenvalue weighted by atomic mass is 16.3. The Morgan fingerprint density at radius 1 is 1.36 bits per heavy atom. The molecule has 0 radical (unpaired) electrons. The molecular weight excluding hydrogens is 268 g/mol. The third-order valence-electron chi connectivity index (χ3n) is 5.94. The quantitative estimate of drug-likeness (QED) is 0.652. The van der Waals surface area contributed by atoms with Gasteiger partial charge in [-0.1, -0.05) is 76.0 Å². The Bertz CT molecular complexity index is 445. The van der Waals surface area contributed by atoms with E-state index in [1.807, 2.05) is 6.08 Å². The van der Waals surface area contributed by atoms with Crippen molar-refractivity contribution in [2.75, 3.05) is 0 Å². The van der Waals surface area contributed by atoms with E-state index in [1.165, 1.54) is 43.3 Å². The first kappa shape index (κ1) is 17.5. The van der Waals surface area contributed by atoms with E-state index < -0.39 is 0 Å². The molecule has 0 aromatic heterocycles. The number of rotatable bonds is 3. The summed E-state index contributed by atoms with van der Waals surface area (Å²) in [6.45, 7) is 10.9. The number of fused-ring (bicyclic) bond motifs is 1. The van der Waals surface area contributed by atoms with Gasteiger partial charge in [0.1, 0.15) is 0 Å². The van der Waals surface area contributed by atoms with Crippen molar-refractivity contribution in [1.29, 1.82) is 0 Å². The highest BCUT2D eigenvalue weighted by molar-refractivity contribution is 5.36. The summed E-state index contributed by atoms with van der Waals surface area (Å²) in [5.41, 5.74) is 3.16. The van der Waals surface area contributed by atoms with Gasteiger partial charge in [0.25, 0.3) is 0 Å². The van der Waals surface area contributed by atoms with Gasteiger partial charge in [-0.3, -0.25) is 0 Å². The standard InChI is InChI=1S/C21H34O/c1-5-8-17-12-13-18-19(21(17,4)15-6-2)14-11-16(3)9-7-10-20(18)22/h5,8,14,16,18,20,22H,1,6-7,9-13,15H2,2-4H3/b17-8-,19-14+. The van der Waals surface area contributed by atoms with E-state index in [2.05, 4.69) is 39.5 Å². The Hall–Kier alpha value is -0.820. The van der Waals surface area contributed by atoms with Gasteiger partial charge in [-0.15, -0.1) is 0 Å². The van der Waals surface area contributed by atoms with Crippen molar-refractivity contribution in [2.24, 2.45) is 17.3 Å². The Morgan fingerprint density at radius 2 is 2.14 bits per heavy atom. The van der Waals surface area contributed by atoms with Gasteiger partial charge in [0.2, 0.25) is 0 Å². The zero-order valence-electron chi connectivity index (χ0n) is 14.8. The van der Waals surface area contributed by atoms with Crippen LogP contribution in [0.4, 0.5) is 0 Å². The van der Waals surface area contributed by atoms with Crippen molar-refractivity contribution in [2.45, 2.75) is 78.2 Å². The van der Waals surface area contributed by atoms with E-state index in [1.54, 1.807) is 0 Å². The monoisotopic (exact) mass is 302 g/mol. The molecular formula is C21H34O. The van der Waals surface area contributed by atoms with Crippen LogP contribution in [0.15, 0.2) is 36.0 Å². The van der Waals surface area contributed by atoms with E-state index >= 15 is 0 Å². The topological polar surface area (TPSA) is 20.2 Å². The number of aliphatic hydroxyl groups excluding tert-OH is 1. The van der Waals surface area contributed by atoms with E-state index in [9.17, 15) is 5.11 Å². The van der Waals surface area contributed by atoms with Crippen LogP contribution in [0.5, 0.6) is 0 Å². The maximum absolute atomic E-state index is 10.8. The SMILES string of the molecule is C=C/C=C1/CCC2/C(=C\CC(C)CCCC2O)C1(C)CCC. The maximum atomic E-state index is 10.8. The van der Waals surface area contributed by atoms with Crippen molar-refractivity contribution in [1.82, 2.24) is 0 Å². The smallest absolute Gasteiger partial charge is 0.0605 e. The minimum Gasteiger partial charge on any atom is -0.393 e. The molecule has 0 aromatic rings. The molecule has 1 saturated carbocycles. The fourth-order valence-corrected chi connectivity index (χ4v) is 4.65. The van der Waals surface area contributed by atoms with Gasteiger partial charge in [-0.05, 0) is 38.0 Å². The molecule has 1 fully saturated rings. The Kier molecular flexibility index (Phi) is 6.09. The molecule has 4 unspecified atom stereocenters. The molecule has 0 aliphatic heterocycles. The second kappa shape index (κ2) is 7.64. The van der Waals surface area contributed by atoms with Gasteiger partial charge >= 0.3 is 0 Å². The molecule has 4 atom stereocenters. The summed E-state index contributed by atoms with van der Waals surface area (Å²) in [6, 6.07) is 0. The predicted octanol–water partition coefficient (Wildman–Crippen LogP) is 5.81. The van der Waals surface area contributed by atoms with Crippen molar-refractivity contribution < 1.29 is 5.11 Å². The first-order valence-electron chi connectivity index (χ1n) is 9.23. The van der Waals surface area contributed by atoms with Crippen LogP contribution < -0.4 is 0 Å². The molecule has 2 aliphatic rings. The fraction of sp³-hybridized carbons (Fsp3) is 0.714. The molecule has 124 valence electrons. The maximum Gasteiger partial charge on any atom is 0.0605 e. The van der Waals surface area contributed by atoms with Crippen LogP contribution in [0, 0.1) is 17.3 Å². The van der Waals surface area contributed by atoms with Crippen LogP contribution in [0.1, 0.15) is 72.1 Å². The summed E-state index contributed by atoms with van der Waals surface area (Å²) in [5.74, 6) is 1.10.